The van der Waals surface area contributed by atoms with E-state index in [4.69, 9.17) is 21.1 Å². The van der Waals surface area contributed by atoms with Crippen molar-refractivity contribution in [3.05, 3.63) is 53.6 Å². The molecule has 2 saturated heterocycles. The van der Waals surface area contributed by atoms with Gasteiger partial charge < -0.3 is 24.4 Å². The molecular weight excluding hydrogens is 484 g/mol. The van der Waals surface area contributed by atoms with Crippen molar-refractivity contribution in [2.24, 2.45) is 11.8 Å². The molecular formula is C27H31ClN2O6. The second-order valence-electron chi connectivity index (χ2n) is 9.73. The number of ether oxygens (including phenoxy) is 2. The number of benzene rings is 1. The van der Waals surface area contributed by atoms with Crippen molar-refractivity contribution in [3.8, 4) is 0 Å². The number of carbonyl (C=O) groups is 3. The topological polar surface area (TPSA) is 96.4 Å². The summed E-state index contributed by atoms with van der Waals surface area (Å²) in [7, 11) is 0. The summed E-state index contributed by atoms with van der Waals surface area (Å²) in [6.07, 6.45) is 9.54. The number of esters is 1. The maximum atomic E-state index is 14.3. The van der Waals surface area contributed by atoms with Crippen LogP contribution in [0.4, 0.5) is 5.69 Å². The average molecular weight is 515 g/mol. The van der Waals surface area contributed by atoms with E-state index < -0.39 is 41.6 Å². The molecule has 192 valence electrons. The fraction of sp³-hybridized carbons (Fsp3) is 0.519. The van der Waals surface area contributed by atoms with Crippen molar-refractivity contribution in [1.82, 2.24) is 4.90 Å². The van der Waals surface area contributed by atoms with Crippen molar-refractivity contribution in [3.63, 3.8) is 0 Å². The number of aliphatic hydroxyl groups is 1. The molecule has 1 aromatic carbocycles. The SMILES string of the molecule is CC[C@@H](CO)N1C(=O)[C@@H]2[C@H]3C(=O)OCCCC/C=C\[C@H]3O[C@@]23C=CCN(c2ccccc2Cl)C(=O)C13. The highest BCUT2D eigenvalue weighted by Gasteiger charge is 2.72. The standard InChI is InChI=1S/C27H31ClN2O6/c1-2-17(16-31)30-23-25(33)29(19-11-7-6-10-18(19)28)14-9-13-27(23)22(24(30)32)21-20(36-27)12-5-3-4-8-15-35-26(21)34/h5-7,9-13,17,20-23,31H,2-4,8,14-16H2,1H3/b12-5-/t17-,20+,21-,22-,23?,27-/m0/s1. The molecule has 36 heavy (non-hydrogen) atoms. The summed E-state index contributed by atoms with van der Waals surface area (Å²) < 4.78 is 12.2. The van der Waals surface area contributed by atoms with Crippen molar-refractivity contribution in [1.29, 1.82) is 0 Å². The average Bonchev–Trinajstić information content (AvgIpc) is 3.26. The third-order valence-electron chi connectivity index (χ3n) is 7.76. The number of nitrogens with zero attached hydrogens (tertiary/aromatic N) is 2. The zero-order valence-corrected chi connectivity index (χ0v) is 21.0. The fourth-order valence-electron chi connectivity index (χ4n) is 6.05. The van der Waals surface area contributed by atoms with Crippen LogP contribution in [0.25, 0.3) is 0 Å². The van der Waals surface area contributed by atoms with Crippen LogP contribution < -0.4 is 4.90 Å². The number of allylic oxidation sites excluding steroid dienone is 1. The van der Waals surface area contributed by atoms with Crippen LogP contribution in [0.15, 0.2) is 48.6 Å². The molecule has 2 amide bonds. The van der Waals surface area contributed by atoms with E-state index in [1.807, 2.05) is 19.1 Å². The molecule has 1 spiro atoms. The molecule has 6 atom stereocenters. The van der Waals surface area contributed by atoms with Gasteiger partial charge in [0.15, 0.2) is 0 Å². The predicted octanol–water partition coefficient (Wildman–Crippen LogP) is 2.88. The molecule has 8 nitrogen and oxygen atoms in total. The second-order valence-corrected chi connectivity index (χ2v) is 10.1. The summed E-state index contributed by atoms with van der Waals surface area (Å²) in [6, 6.07) is 5.36. The molecule has 0 saturated carbocycles. The van der Waals surface area contributed by atoms with Crippen LogP contribution in [0.5, 0.6) is 0 Å². The Morgan fingerprint density at radius 2 is 1.97 bits per heavy atom. The minimum atomic E-state index is -1.38. The second kappa shape index (κ2) is 10.00. The quantitative estimate of drug-likeness (QED) is 0.490. The highest BCUT2D eigenvalue weighted by molar-refractivity contribution is 6.34. The van der Waals surface area contributed by atoms with Gasteiger partial charge in [0.25, 0.3) is 5.91 Å². The first-order valence-corrected chi connectivity index (χ1v) is 13.0. The van der Waals surface area contributed by atoms with Crippen LogP contribution in [0.1, 0.15) is 32.6 Å². The van der Waals surface area contributed by atoms with Gasteiger partial charge in [0.1, 0.15) is 17.6 Å². The van der Waals surface area contributed by atoms with Crippen molar-refractivity contribution < 1.29 is 29.0 Å². The van der Waals surface area contributed by atoms with Gasteiger partial charge in [-0.2, -0.15) is 0 Å². The lowest BCUT2D eigenvalue weighted by Gasteiger charge is -2.38. The molecule has 1 aromatic rings. The lowest BCUT2D eigenvalue weighted by Crippen LogP contribution is -2.58. The molecule has 4 aliphatic heterocycles. The Morgan fingerprint density at radius 3 is 2.72 bits per heavy atom. The van der Waals surface area contributed by atoms with E-state index >= 15 is 0 Å². The van der Waals surface area contributed by atoms with Gasteiger partial charge in [-0.1, -0.05) is 55.0 Å². The molecule has 0 bridgehead atoms. The lowest BCUT2D eigenvalue weighted by atomic mass is 9.78. The number of hydrogen-bond acceptors (Lipinski definition) is 6. The Hall–Kier alpha value is -2.68. The van der Waals surface area contributed by atoms with Crippen LogP contribution in [-0.4, -0.2) is 71.3 Å². The number of cyclic esters (lactones) is 1. The van der Waals surface area contributed by atoms with E-state index in [0.29, 0.717) is 17.1 Å². The number of fused-ring (bicyclic) bond motifs is 2. The Bertz CT molecular complexity index is 1100. The van der Waals surface area contributed by atoms with Gasteiger partial charge in [-0.3, -0.25) is 14.4 Å². The third kappa shape index (κ3) is 3.86. The molecule has 4 aliphatic rings. The van der Waals surface area contributed by atoms with E-state index in [1.165, 1.54) is 4.90 Å². The molecule has 5 rings (SSSR count). The van der Waals surface area contributed by atoms with Crippen LogP contribution >= 0.6 is 11.6 Å². The van der Waals surface area contributed by atoms with Gasteiger partial charge in [-0.05, 0) is 37.8 Å². The van der Waals surface area contributed by atoms with E-state index in [-0.39, 0.29) is 31.6 Å². The van der Waals surface area contributed by atoms with Crippen molar-refractivity contribution >= 4 is 35.1 Å². The zero-order valence-electron chi connectivity index (χ0n) is 20.2. The van der Waals surface area contributed by atoms with E-state index in [1.54, 1.807) is 41.3 Å². The molecule has 0 radical (unpaired) electrons. The monoisotopic (exact) mass is 514 g/mol. The highest BCUT2D eigenvalue weighted by atomic mass is 35.5. The first-order valence-electron chi connectivity index (χ1n) is 12.6. The smallest absolute Gasteiger partial charge is 0.312 e. The van der Waals surface area contributed by atoms with Crippen molar-refractivity contribution in [2.45, 2.75) is 56.4 Å². The molecule has 4 heterocycles. The summed E-state index contributed by atoms with van der Waals surface area (Å²) in [4.78, 5) is 44.7. The Morgan fingerprint density at radius 1 is 1.17 bits per heavy atom. The van der Waals surface area contributed by atoms with Crippen LogP contribution in [0.2, 0.25) is 5.02 Å². The maximum Gasteiger partial charge on any atom is 0.312 e. The largest absolute Gasteiger partial charge is 0.465 e. The van der Waals surface area contributed by atoms with Gasteiger partial charge in [0.2, 0.25) is 5.91 Å². The summed E-state index contributed by atoms with van der Waals surface area (Å²) >= 11 is 6.46. The van der Waals surface area contributed by atoms with Crippen LogP contribution in [0.3, 0.4) is 0 Å². The Kier molecular flexibility index (Phi) is 6.94. The molecule has 1 N–H and O–H groups in total. The number of carbonyl (C=O) groups excluding carboxylic acids is 3. The van der Waals surface area contributed by atoms with E-state index in [2.05, 4.69) is 0 Å². The number of amides is 2. The number of halogens is 1. The Labute approximate surface area is 215 Å². The number of hydrogen-bond donors (Lipinski definition) is 1. The number of para-hydroxylation sites is 1. The minimum Gasteiger partial charge on any atom is -0.465 e. The van der Waals surface area contributed by atoms with Gasteiger partial charge in [-0.15, -0.1) is 0 Å². The number of anilines is 1. The van der Waals surface area contributed by atoms with Gasteiger partial charge in [0, 0.05) is 6.54 Å². The molecule has 2 fully saturated rings. The molecule has 0 aromatic heterocycles. The lowest BCUT2D eigenvalue weighted by molar-refractivity contribution is -0.155. The predicted molar refractivity (Wildman–Crippen MR) is 133 cm³/mol. The normalized spacial score (nSPS) is 33.9. The third-order valence-corrected chi connectivity index (χ3v) is 8.08. The summed E-state index contributed by atoms with van der Waals surface area (Å²) in [6.45, 7) is 2.04. The first kappa shape index (κ1) is 25.0. The number of likely N-dealkylation sites (tertiary alicyclic amines) is 1. The van der Waals surface area contributed by atoms with Crippen LogP contribution in [0, 0.1) is 11.8 Å². The van der Waals surface area contributed by atoms with E-state index in [9.17, 15) is 19.5 Å². The fourth-order valence-corrected chi connectivity index (χ4v) is 6.29. The van der Waals surface area contributed by atoms with Crippen molar-refractivity contribution in [2.75, 3.05) is 24.7 Å². The van der Waals surface area contributed by atoms with Crippen LogP contribution in [-0.2, 0) is 23.9 Å². The zero-order chi connectivity index (χ0) is 25.4. The van der Waals surface area contributed by atoms with Gasteiger partial charge in [0.05, 0.1) is 42.0 Å². The highest BCUT2D eigenvalue weighted by Crippen LogP contribution is 2.54. The minimum absolute atomic E-state index is 0.227. The maximum absolute atomic E-state index is 14.3. The molecule has 1 unspecified atom stereocenters. The number of rotatable bonds is 4. The Balaban J connectivity index is 1.65. The summed E-state index contributed by atoms with van der Waals surface area (Å²) in [5.41, 5.74) is -0.852. The number of aliphatic hydroxyl groups excluding tert-OH is 1. The molecule has 0 aliphatic carbocycles. The summed E-state index contributed by atoms with van der Waals surface area (Å²) in [5, 5.41) is 10.6. The summed E-state index contributed by atoms with van der Waals surface area (Å²) in [5.74, 6) is -3.07. The molecule has 9 heteroatoms. The van der Waals surface area contributed by atoms with Gasteiger partial charge in [-0.25, -0.2) is 0 Å². The van der Waals surface area contributed by atoms with E-state index in [0.717, 1.165) is 19.3 Å². The first-order chi connectivity index (χ1) is 17.4. The van der Waals surface area contributed by atoms with Gasteiger partial charge >= 0.3 is 5.97 Å².